The third-order valence-electron chi connectivity index (χ3n) is 4.66. The van der Waals surface area contributed by atoms with E-state index in [9.17, 15) is 18.4 Å². The summed E-state index contributed by atoms with van der Waals surface area (Å²) in [6.07, 6.45) is 3.80. The van der Waals surface area contributed by atoms with Crippen LogP contribution in [0, 0.1) is 11.6 Å². The van der Waals surface area contributed by atoms with E-state index in [0.29, 0.717) is 17.5 Å². The van der Waals surface area contributed by atoms with Crippen molar-refractivity contribution in [1.82, 2.24) is 5.32 Å². The van der Waals surface area contributed by atoms with Crippen molar-refractivity contribution in [3.8, 4) is 0 Å². The predicted molar refractivity (Wildman–Crippen MR) is 95.1 cm³/mol. The first kappa shape index (κ1) is 18.2. The molecule has 0 aromatic heterocycles. The highest BCUT2D eigenvalue weighted by molar-refractivity contribution is 5.98. The van der Waals surface area contributed by atoms with E-state index in [1.54, 1.807) is 0 Å². The molecule has 3 nitrogen and oxygen atoms in total. The summed E-state index contributed by atoms with van der Waals surface area (Å²) in [7, 11) is 0. The smallest absolute Gasteiger partial charge is 0.220 e. The minimum Gasteiger partial charge on any atom is -0.356 e. The van der Waals surface area contributed by atoms with Gasteiger partial charge in [-0.2, -0.15) is 0 Å². The van der Waals surface area contributed by atoms with Crippen LogP contribution in [-0.2, 0) is 24.1 Å². The lowest BCUT2D eigenvalue weighted by molar-refractivity contribution is -0.121. The molecular weight excluding hydrogens is 336 g/mol. The predicted octanol–water partition coefficient (Wildman–Crippen LogP) is 3.78. The molecule has 3 rings (SSSR count). The monoisotopic (exact) mass is 357 g/mol. The number of amides is 1. The third-order valence-corrected chi connectivity index (χ3v) is 4.66. The largest absolute Gasteiger partial charge is 0.356 e. The molecule has 26 heavy (non-hydrogen) atoms. The Morgan fingerprint density at radius 2 is 1.65 bits per heavy atom. The molecule has 0 spiro atoms. The van der Waals surface area contributed by atoms with Gasteiger partial charge in [0.2, 0.25) is 5.91 Å². The first-order valence-electron chi connectivity index (χ1n) is 8.88. The zero-order valence-corrected chi connectivity index (χ0v) is 14.5. The molecule has 1 aliphatic rings. The standard InChI is InChI=1S/C21H21F2NO2/c22-18-10-14(11-19(23)13-18)8-9-24-21(26)7-6-20(25)17-5-4-15-2-1-3-16(15)12-17/h4-5,10-13H,1-3,6-9H2,(H,24,26). The SMILES string of the molecule is O=C(CCC(=O)c1ccc2c(c1)CCC2)NCCc1cc(F)cc(F)c1. The number of hydrogen-bond acceptors (Lipinski definition) is 2. The van der Waals surface area contributed by atoms with E-state index in [1.165, 1.54) is 23.3 Å². The Labute approximate surface area is 151 Å². The van der Waals surface area contributed by atoms with E-state index in [1.807, 2.05) is 18.2 Å². The van der Waals surface area contributed by atoms with Gasteiger partial charge in [0.15, 0.2) is 5.78 Å². The van der Waals surface area contributed by atoms with Gasteiger partial charge in [0, 0.05) is 31.0 Å². The fraction of sp³-hybridized carbons (Fsp3) is 0.333. The molecule has 0 aliphatic heterocycles. The molecule has 2 aromatic carbocycles. The molecule has 1 aliphatic carbocycles. The van der Waals surface area contributed by atoms with Gasteiger partial charge in [-0.1, -0.05) is 12.1 Å². The first-order chi connectivity index (χ1) is 12.5. The Bertz CT molecular complexity index is 813. The van der Waals surface area contributed by atoms with Gasteiger partial charge in [-0.3, -0.25) is 9.59 Å². The fourth-order valence-electron chi connectivity index (χ4n) is 3.31. The second-order valence-electron chi connectivity index (χ2n) is 6.64. The lowest BCUT2D eigenvalue weighted by Gasteiger charge is -2.07. The van der Waals surface area contributed by atoms with Crippen molar-refractivity contribution in [2.75, 3.05) is 6.54 Å². The summed E-state index contributed by atoms with van der Waals surface area (Å²) < 4.78 is 26.2. The number of fused-ring (bicyclic) bond motifs is 1. The van der Waals surface area contributed by atoms with Gasteiger partial charge < -0.3 is 5.32 Å². The summed E-state index contributed by atoms with van der Waals surface area (Å²) in [5.41, 5.74) is 3.70. The molecule has 1 amide bonds. The minimum absolute atomic E-state index is 0.0398. The summed E-state index contributed by atoms with van der Waals surface area (Å²) in [4.78, 5) is 24.1. The zero-order valence-electron chi connectivity index (χ0n) is 14.5. The highest BCUT2D eigenvalue weighted by Crippen LogP contribution is 2.23. The molecule has 0 bridgehead atoms. The summed E-state index contributed by atoms with van der Waals surface area (Å²) in [5, 5.41) is 2.68. The van der Waals surface area contributed by atoms with E-state index in [-0.39, 0.29) is 31.1 Å². The number of halogens is 2. The van der Waals surface area contributed by atoms with E-state index in [4.69, 9.17) is 0 Å². The van der Waals surface area contributed by atoms with Crippen LogP contribution in [0.2, 0.25) is 0 Å². The Balaban J connectivity index is 1.43. The maximum Gasteiger partial charge on any atom is 0.220 e. The van der Waals surface area contributed by atoms with Crippen LogP contribution < -0.4 is 5.32 Å². The van der Waals surface area contributed by atoms with Crippen molar-refractivity contribution in [2.45, 2.75) is 38.5 Å². The van der Waals surface area contributed by atoms with Gasteiger partial charge >= 0.3 is 0 Å². The molecule has 0 radical (unpaired) electrons. The number of ketones is 1. The van der Waals surface area contributed by atoms with Crippen LogP contribution in [0.15, 0.2) is 36.4 Å². The van der Waals surface area contributed by atoms with Gasteiger partial charge in [0.25, 0.3) is 0 Å². The highest BCUT2D eigenvalue weighted by Gasteiger charge is 2.14. The summed E-state index contributed by atoms with van der Waals surface area (Å²) in [6.45, 7) is 0.273. The second kappa shape index (κ2) is 8.21. The lowest BCUT2D eigenvalue weighted by Crippen LogP contribution is -2.26. The molecule has 1 N–H and O–H groups in total. The van der Waals surface area contributed by atoms with Crippen LogP contribution in [0.5, 0.6) is 0 Å². The number of carbonyl (C=O) groups excluding carboxylic acids is 2. The average Bonchev–Trinajstić information content (AvgIpc) is 3.06. The zero-order chi connectivity index (χ0) is 18.5. The normalized spacial score (nSPS) is 12.7. The Kier molecular flexibility index (Phi) is 5.76. The van der Waals surface area contributed by atoms with Crippen LogP contribution in [0.4, 0.5) is 8.78 Å². The molecule has 0 unspecified atom stereocenters. The number of aryl methyl sites for hydroxylation is 2. The topological polar surface area (TPSA) is 46.2 Å². The van der Waals surface area contributed by atoms with Gasteiger partial charge in [-0.15, -0.1) is 0 Å². The number of Topliss-reactive ketones (excluding diaryl/α,β-unsaturated/α-hetero) is 1. The van der Waals surface area contributed by atoms with Crippen LogP contribution in [0.25, 0.3) is 0 Å². The Hall–Kier alpha value is -2.56. The van der Waals surface area contributed by atoms with Gasteiger partial charge in [-0.05, 0) is 60.6 Å². The third kappa shape index (κ3) is 4.75. The maximum absolute atomic E-state index is 13.1. The van der Waals surface area contributed by atoms with E-state index < -0.39 is 11.6 Å². The molecular formula is C21H21F2NO2. The van der Waals surface area contributed by atoms with Crippen molar-refractivity contribution >= 4 is 11.7 Å². The Morgan fingerprint density at radius 3 is 2.42 bits per heavy atom. The number of carbonyl (C=O) groups is 2. The number of rotatable bonds is 7. The summed E-state index contributed by atoms with van der Waals surface area (Å²) in [5.74, 6) is -1.55. The second-order valence-corrected chi connectivity index (χ2v) is 6.64. The van der Waals surface area contributed by atoms with Crippen molar-refractivity contribution in [2.24, 2.45) is 0 Å². The molecule has 2 aromatic rings. The van der Waals surface area contributed by atoms with Crippen molar-refractivity contribution in [3.63, 3.8) is 0 Å². The quantitative estimate of drug-likeness (QED) is 0.767. The van der Waals surface area contributed by atoms with E-state index in [2.05, 4.69) is 5.32 Å². The molecule has 0 fully saturated rings. The molecule has 5 heteroatoms. The molecule has 0 saturated carbocycles. The average molecular weight is 357 g/mol. The van der Waals surface area contributed by atoms with Crippen LogP contribution >= 0.6 is 0 Å². The van der Waals surface area contributed by atoms with Crippen molar-refractivity contribution in [1.29, 1.82) is 0 Å². The Morgan fingerprint density at radius 1 is 0.923 bits per heavy atom. The summed E-state index contributed by atoms with van der Waals surface area (Å²) >= 11 is 0. The lowest BCUT2D eigenvalue weighted by atomic mass is 10.0. The number of nitrogens with one attached hydrogen (secondary N) is 1. The number of hydrogen-bond donors (Lipinski definition) is 1. The minimum atomic E-state index is -0.633. The molecule has 0 atom stereocenters. The molecule has 0 saturated heterocycles. The van der Waals surface area contributed by atoms with E-state index >= 15 is 0 Å². The number of benzene rings is 2. The van der Waals surface area contributed by atoms with E-state index in [0.717, 1.165) is 25.3 Å². The van der Waals surface area contributed by atoms with Crippen molar-refractivity contribution < 1.29 is 18.4 Å². The maximum atomic E-state index is 13.1. The molecule has 0 heterocycles. The highest BCUT2D eigenvalue weighted by atomic mass is 19.1. The first-order valence-corrected chi connectivity index (χ1v) is 8.88. The van der Waals surface area contributed by atoms with Crippen LogP contribution in [-0.4, -0.2) is 18.2 Å². The van der Waals surface area contributed by atoms with Crippen LogP contribution in [0.1, 0.15) is 46.3 Å². The van der Waals surface area contributed by atoms with Gasteiger partial charge in [-0.25, -0.2) is 8.78 Å². The van der Waals surface area contributed by atoms with Gasteiger partial charge in [0.05, 0.1) is 0 Å². The summed E-state index contributed by atoms with van der Waals surface area (Å²) in [6, 6.07) is 9.09. The fourth-order valence-corrected chi connectivity index (χ4v) is 3.31. The van der Waals surface area contributed by atoms with Gasteiger partial charge in [0.1, 0.15) is 11.6 Å². The van der Waals surface area contributed by atoms with Crippen LogP contribution in [0.3, 0.4) is 0 Å². The van der Waals surface area contributed by atoms with Crippen molar-refractivity contribution in [3.05, 3.63) is 70.3 Å². The molecule has 136 valence electrons.